The molecule has 1 rings (SSSR count). The first-order valence-electron chi connectivity index (χ1n) is 4.16. The fourth-order valence-corrected chi connectivity index (χ4v) is 1.31. The highest BCUT2D eigenvalue weighted by Crippen LogP contribution is 2.17. The summed E-state index contributed by atoms with van der Waals surface area (Å²) in [5, 5.41) is 9.06. The van der Waals surface area contributed by atoms with Crippen LogP contribution in [-0.4, -0.2) is 24.8 Å². The van der Waals surface area contributed by atoms with Crippen LogP contribution in [0, 0.1) is 0 Å². The molecule has 0 spiro atoms. The average Bonchev–Trinajstić information content (AvgIpc) is 2.16. The van der Waals surface area contributed by atoms with Gasteiger partial charge >= 0.3 is 5.97 Å². The standard InChI is InChI=1S/C10H11ClO3/c1-14-5-4-7-2-3-9(11)8(6-7)10(12)13/h2-3,6H,4-5H2,1H3,(H,12,13). The van der Waals surface area contributed by atoms with Gasteiger partial charge in [-0.05, 0) is 24.1 Å². The summed E-state index contributed by atoms with van der Waals surface area (Å²) in [5.41, 5.74) is 1.05. The lowest BCUT2D eigenvalue weighted by atomic mass is 10.1. The van der Waals surface area contributed by atoms with Gasteiger partial charge in [0.15, 0.2) is 0 Å². The first-order valence-corrected chi connectivity index (χ1v) is 4.53. The smallest absolute Gasteiger partial charge is 0.337 e. The molecule has 0 saturated carbocycles. The first kappa shape index (κ1) is 11.0. The van der Waals surface area contributed by atoms with Gasteiger partial charge in [-0.1, -0.05) is 17.7 Å². The van der Waals surface area contributed by atoms with E-state index in [2.05, 4.69) is 0 Å². The second-order valence-corrected chi connectivity index (χ2v) is 3.27. The highest BCUT2D eigenvalue weighted by molar-refractivity contribution is 6.33. The molecule has 0 unspecified atom stereocenters. The quantitative estimate of drug-likeness (QED) is 0.836. The number of hydrogen-bond donors (Lipinski definition) is 1. The highest BCUT2D eigenvalue weighted by Gasteiger charge is 2.08. The zero-order chi connectivity index (χ0) is 10.6. The van der Waals surface area contributed by atoms with E-state index in [4.69, 9.17) is 21.4 Å². The van der Waals surface area contributed by atoms with Crippen LogP contribution >= 0.6 is 11.6 Å². The van der Waals surface area contributed by atoms with Gasteiger partial charge in [0.1, 0.15) is 0 Å². The molecule has 1 aromatic rings. The highest BCUT2D eigenvalue weighted by atomic mass is 35.5. The Morgan fingerprint density at radius 1 is 1.57 bits per heavy atom. The Morgan fingerprint density at radius 2 is 2.29 bits per heavy atom. The Labute approximate surface area is 87.3 Å². The van der Waals surface area contributed by atoms with Crippen LogP contribution < -0.4 is 0 Å². The van der Waals surface area contributed by atoms with Crippen molar-refractivity contribution in [1.82, 2.24) is 0 Å². The summed E-state index contributed by atoms with van der Waals surface area (Å²) < 4.78 is 4.90. The Balaban J connectivity index is 2.89. The first-order chi connectivity index (χ1) is 6.65. The van der Waals surface area contributed by atoms with E-state index in [1.807, 2.05) is 0 Å². The van der Waals surface area contributed by atoms with Crippen molar-refractivity contribution in [1.29, 1.82) is 0 Å². The lowest BCUT2D eigenvalue weighted by Gasteiger charge is -2.03. The number of hydrogen-bond acceptors (Lipinski definition) is 2. The third-order valence-corrected chi connectivity index (χ3v) is 2.19. The maximum absolute atomic E-state index is 10.7. The van der Waals surface area contributed by atoms with Crippen molar-refractivity contribution >= 4 is 17.6 Å². The predicted molar refractivity (Wildman–Crippen MR) is 54.0 cm³/mol. The number of methoxy groups -OCH3 is 1. The van der Waals surface area contributed by atoms with Crippen LogP contribution in [0.2, 0.25) is 5.02 Å². The largest absolute Gasteiger partial charge is 0.478 e. The number of carbonyl (C=O) groups is 1. The van der Waals surface area contributed by atoms with Crippen molar-refractivity contribution in [3.05, 3.63) is 34.3 Å². The van der Waals surface area contributed by atoms with Crippen molar-refractivity contribution in [2.75, 3.05) is 13.7 Å². The minimum atomic E-state index is -1.01. The van der Waals surface area contributed by atoms with Gasteiger partial charge in [-0.15, -0.1) is 0 Å². The topological polar surface area (TPSA) is 46.5 Å². The fourth-order valence-electron chi connectivity index (χ4n) is 1.11. The van der Waals surface area contributed by atoms with Gasteiger partial charge in [0, 0.05) is 7.11 Å². The van der Waals surface area contributed by atoms with E-state index in [9.17, 15) is 4.79 Å². The Kier molecular flexibility index (Phi) is 3.92. The summed E-state index contributed by atoms with van der Waals surface area (Å²) in [4.78, 5) is 10.7. The van der Waals surface area contributed by atoms with Gasteiger partial charge in [0.25, 0.3) is 0 Å². The molecule has 14 heavy (non-hydrogen) atoms. The summed E-state index contributed by atoms with van der Waals surface area (Å²) in [6, 6.07) is 4.97. The third-order valence-electron chi connectivity index (χ3n) is 1.86. The number of aromatic carboxylic acids is 1. The van der Waals surface area contributed by atoms with E-state index in [0.717, 1.165) is 5.56 Å². The van der Waals surface area contributed by atoms with E-state index in [0.29, 0.717) is 13.0 Å². The van der Waals surface area contributed by atoms with Crippen molar-refractivity contribution in [2.45, 2.75) is 6.42 Å². The van der Waals surface area contributed by atoms with Gasteiger partial charge in [0.05, 0.1) is 17.2 Å². The molecular weight excluding hydrogens is 204 g/mol. The lowest BCUT2D eigenvalue weighted by molar-refractivity contribution is 0.0697. The van der Waals surface area contributed by atoms with E-state index >= 15 is 0 Å². The molecule has 76 valence electrons. The molecule has 0 amide bonds. The van der Waals surface area contributed by atoms with Crippen LogP contribution in [0.15, 0.2) is 18.2 Å². The monoisotopic (exact) mass is 214 g/mol. The van der Waals surface area contributed by atoms with Crippen molar-refractivity contribution in [3.63, 3.8) is 0 Å². The molecule has 0 bridgehead atoms. The van der Waals surface area contributed by atoms with Crippen LogP contribution in [-0.2, 0) is 11.2 Å². The second-order valence-electron chi connectivity index (χ2n) is 2.86. The Hall–Kier alpha value is -1.06. The molecular formula is C10H11ClO3. The van der Waals surface area contributed by atoms with Crippen molar-refractivity contribution in [2.24, 2.45) is 0 Å². The Bertz CT molecular complexity index is 336. The SMILES string of the molecule is COCCc1ccc(Cl)c(C(=O)O)c1. The predicted octanol–water partition coefficient (Wildman–Crippen LogP) is 2.23. The molecule has 1 aromatic carbocycles. The maximum atomic E-state index is 10.7. The number of ether oxygens (including phenoxy) is 1. The fraction of sp³-hybridized carbons (Fsp3) is 0.300. The van der Waals surface area contributed by atoms with Gasteiger partial charge in [0.2, 0.25) is 0 Å². The molecule has 1 N–H and O–H groups in total. The summed E-state index contributed by atoms with van der Waals surface area (Å²) in [5.74, 6) is -1.01. The zero-order valence-electron chi connectivity index (χ0n) is 7.79. The van der Waals surface area contributed by atoms with Gasteiger partial charge < -0.3 is 9.84 Å². The van der Waals surface area contributed by atoms with Gasteiger partial charge in [-0.3, -0.25) is 0 Å². The average molecular weight is 215 g/mol. The molecule has 0 radical (unpaired) electrons. The molecule has 0 aliphatic heterocycles. The lowest BCUT2D eigenvalue weighted by Crippen LogP contribution is -2.00. The molecule has 0 fully saturated rings. The molecule has 0 heterocycles. The van der Waals surface area contributed by atoms with Gasteiger partial charge in [-0.25, -0.2) is 4.79 Å². The van der Waals surface area contributed by atoms with Crippen LogP contribution in [0.3, 0.4) is 0 Å². The number of carboxylic acid groups (broad SMARTS) is 1. The maximum Gasteiger partial charge on any atom is 0.337 e. The minimum absolute atomic E-state index is 0.139. The van der Waals surface area contributed by atoms with E-state index in [-0.39, 0.29) is 10.6 Å². The van der Waals surface area contributed by atoms with Crippen molar-refractivity contribution in [3.8, 4) is 0 Å². The molecule has 3 nitrogen and oxygen atoms in total. The molecule has 0 aliphatic rings. The minimum Gasteiger partial charge on any atom is -0.478 e. The summed E-state index contributed by atoms with van der Waals surface area (Å²) in [6.07, 6.45) is 0.688. The molecule has 0 saturated heterocycles. The summed E-state index contributed by atoms with van der Waals surface area (Å²) in [7, 11) is 1.61. The van der Waals surface area contributed by atoms with E-state index in [1.165, 1.54) is 0 Å². The van der Waals surface area contributed by atoms with Crippen LogP contribution in [0.5, 0.6) is 0 Å². The number of carboxylic acids is 1. The summed E-state index contributed by atoms with van der Waals surface area (Å²) in [6.45, 7) is 0.570. The normalized spacial score (nSPS) is 10.1. The molecule has 4 heteroatoms. The van der Waals surface area contributed by atoms with Crippen LogP contribution in [0.1, 0.15) is 15.9 Å². The molecule has 0 aromatic heterocycles. The van der Waals surface area contributed by atoms with Crippen LogP contribution in [0.25, 0.3) is 0 Å². The number of rotatable bonds is 4. The molecule has 0 aliphatic carbocycles. The van der Waals surface area contributed by atoms with E-state index in [1.54, 1.807) is 25.3 Å². The van der Waals surface area contributed by atoms with Crippen molar-refractivity contribution < 1.29 is 14.6 Å². The number of halogens is 1. The number of benzene rings is 1. The summed E-state index contributed by atoms with van der Waals surface area (Å²) >= 11 is 5.71. The second kappa shape index (κ2) is 4.98. The van der Waals surface area contributed by atoms with E-state index < -0.39 is 5.97 Å². The molecule has 0 atom stereocenters. The van der Waals surface area contributed by atoms with Gasteiger partial charge in [-0.2, -0.15) is 0 Å². The third kappa shape index (κ3) is 2.72. The zero-order valence-corrected chi connectivity index (χ0v) is 8.54. The van der Waals surface area contributed by atoms with Crippen LogP contribution in [0.4, 0.5) is 0 Å². The Morgan fingerprint density at radius 3 is 2.86 bits per heavy atom.